The minimum Gasteiger partial charge on any atom is -0.490 e. The molecule has 0 aromatic heterocycles. The number of hydrogen-bond acceptors (Lipinski definition) is 3. The van der Waals surface area contributed by atoms with Gasteiger partial charge < -0.3 is 14.8 Å². The Morgan fingerprint density at radius 3 is 2.26 bits per heavy atom. The highest BCUT2D eigenvalue weighted by atomic mass is 35.5. The summed E-state index contributed by atoms with van der Waals surface area (Å²) in [6, 6.07) is 4.20. The first-order valence-corrected chi connectivity index (χ1v) is 7.35. The summed E-state index contributed by atoms with van der Waals surface area (Å²) in [5, 5.41) is 4.11. The fraction of sp³-hybridized carbons (Fsp3) is 0.600. The maximum absolute atomic E-state index is 6.41. The lowest BCUT2D eigenvalue weighted by Crippen LogP contribution is -2.19. The Labute approximate surface area is 120 Å². The highest BCUT2D eigenvalue weighted by Crippen LogP contribution is 2.45. The Bertz CT molecular complexity index is 432. The van der Waals surface area contributed by atoms with E-state index < -0.39 is 0 Å². The first-order chi connectivity index (χ1) is 9.21. The van der Waals surface area contributed by atoms with E-state index in [-0.39, 0.29) is 0 Å². The van der Waals surface area contributed by atoms with Crippen LogP contribution in [0.1, 0.15) is 38.3 Å². The molecule has 1 saturated carbocycles. The average Bonchev–Trinajstić information content (AvgIpc) is 3.20. The monoisotopic (exact) mass is 283 g/mol. The quantitative estimate of drug-likeness (QED) is 0.825. The first kappa shape index (κ1) is 14.5. The highest BCUT2D eigenvalue weighted by Gasteiger charge is 2.33. The second-order valence-electron chi connectivity index (χ2n) is 4.79. The third kappa shape index (κ3) is 3.34. The Balaban J connectivity index is 2.34. The van der Waals surface area contributed by atoms with Crippen molar-refractivity contribution in [3.05, 3.63) is 22.7 Å². The largest absolute Gasteiger partial charge is 0.490 e. The molecule has 0 spiro atoms. The van der Waals surface area contributed by atoms with Crippen molar-refractivity contribution in [3.8, 4) is 11.5 Å². The van der Waals surface area contributed by atoms with Crippen molar-refractivity contribution in [2.24, 2.45) is 5.92 Å². The van der Waals surface area contributed by atoms with E-state index in [0.717, 1.165) is 22.1 Å². The van der Waals surface area contributed by atoms with Gasteiger partial charge in [0, 0.05) is 17.1 Å². The van der Waals surface area contributed by atoms with Crippen LogP contribution in [0, 0.1) is 5.92 Å². The molecule has 106 valence electrons. The molecule has 1 aromatic rings. The predicted octanol–water partition coefficient (Wildman–Crippen LogP) is 3.81. The van der Waals surface area contributed by atoms with E-state index >= 15 is 0 Å². The minimum absolute atomic E-state index is 0.308. The molecule has 4 heteroatoms. The van der Waals surface area contributed by atoms with Gasteiger partial charge in [0.1, 0.15) is 0 Å². The molecule has 0 bridgehead atoms. The van der Waals surface area contributed by atoms with E-state index in [1.165, 1.54) is 12.8 Å². The van der Waals surface area contributed by atoms with Crippen LogP contribution in [-0.4, -0.2) is 20.3 Å². The van der Waals surface area contributed by atoms with E-state index in [4.69, 9.17) is 21.1 Å². The van der Waals surface area contributed by atoms with Gasteiger partial charge in [-0.2, -0.15) is 0 Å². The number of ether oxygens (including phenoxy) is 2. The molecule has 3 nitrogen and oxygen atoms in total. The maximum Gasteiger partial charge on any atom is 0.162 e. The van der Waals surface area contributed by atoms with Crippen LogP contribution in [0.4, 0.5) is 0 Å². The zero-order chi connectivity index (χ0) is 13.8. The topological polar surface area (TPSA) is 30.5 Å². The summed E-state index contributed by atoms with van der Waals surface area (Å²) in [5.41, 5.74) is 1.11. The number of hydrogen-bond donors (Lipinski definition) is 1. The summed E-state index contributed by atoms with van der Waals surface area (Å²) >= 11 is 6.41. The Hall–Kier alpha value is -0.930. The molecule has 1 fully saturated rings. The fourth-order valence-corrected chi connectivity index (χ4v) is 2.67. The summed E-state index contributed by atoms with van der Waals surface area (Å²) < 4.78 is 11.3. The summed E-state index contributed by atoms with van der Waals surface area (Å²) in [7, 11) is 1.98. The zero-order valence-electron chi connectivity index (χ0n) is 11.8. The van der Waals surface area contributed by atoms with Crippen LogP contribution in [0.5, 0.6) is 11.5 Å². The Kier molecular flexibility index (Phi) is 4.94. The van der Waals surface area contributed by atoms with Gasteiger partial charge in [-0.05, 0) is 51.3 Å². The summed E-state index contributed by atoms with van der Waals surface area (Å²) in [6.07, 6.45) is 2.53. The van der Waals surface area contributed by atoms with Gasteiger partial charge in [-0.1, -0.05) is 11.6 Å². The molecule has 0 radical (unpaired) electrons. The van der Waals surface area contributed by atoms with Crippen LogP contribution < -0.4 is 14.8 Å². The first-order valence-electron chi connectivity index (χ1n) is 6.97. The SMILES string of the molecule is CCOc1cc(Cl)c(C(NC)C2CC2)cc1OCC. The number of halogens is 1. The summed E-state index contributed by atoms with van der Waals surface area (Å²) in [4.78, 5) is 0. The van der Waals surface area contributed by atoms with Crippen molar-refractivity contribution in [1.82, 2.24) is 5.32 Å². The van der Waals surface area contributed by atoms with Gasteiger partial charge in [-0.15, -0.1) is 0 Å². The Morgan fingerprint density at radius 1 is 1.21 bits per heavy atom. The molecule has 2 rings (SSSR count). The van der Waals surface area contributed by atoms with Crippen LogP contribution in [0.2, 0.25) is 5.02 Å². The third-order valence-corrected chi connectivity index (χ3v) is 3.73. The van der Waals surface area contributed by atoms with Gasteiger partial charge in [-0.3, -0.25) is 0 Å². The lowest BCUT2D eigenvalue weighted by atomic mass is 10.0. The molecular weight excluding hydrogens is 262 g/mol. The molecule has 19 heavy (non-hydrogen) atoms. The van der Waals surface area contributed by atoms with Crippen molar-refractivity contribution < 1.29 is 9.47 Å². The predicted molar refractivity (Wildman–Crippen MR) is 78.3 cm³/mol. The van der Waals surface area contributed by atoms with E-state index in [2.05, 4.69) is 5.32 Å². The van der Waals surface area contributed by atoms with Gasteiger partial charge in [-0.25, -0.2) is 0 Å². The Morgan fingerprint density at radius 2 is 1.79 bits per heavy atom. The van der Waals surface area contributed by atoms with Crippen molar-refractivity contribution in [1.29, 1.82) is 0 Å². The third-order valence-electron chi connectivity index (χ3n) is 3.40. The van der Waals surface area contributed by atoms with Crippen molar-refractivity contribution in [3.63, 3.8) is 0 Å². The molecule has 0 amide bonds. The van der Waals surface area contributed by atoms with Gasteiger partial charge in [0.05, 0.1) is 13.2 Å². The van der Waals surface area contributed by atoms with Gasteiger partial charge in [0.15, 0.2) is 11.5 Å². The van der Waals surface area contributed by atoms with Gasteiger partial charge in [0.25, 0.3) is 0 Å². The smallest absolute Gasteiger partial charge is 0.162 e. The molecule has 1 aromatic carbocycles. The normalized spacial score (nSPS) is 16.2. The van der Waals surface area contributed by atoms with Crippen LogP contribution in [0.15, 0.2) is 12.1 Å². The van der Waals surface area contributed by atoms with Crippen molar-refractivity contribution in [2.45, 2.75) is 32.7 Å². The standard InChI is InChI=1S/C15H22ClNO2/c1-4-18-13-8-11(15(17-3)10-6-7-10)12(16)9-14(13)19-5-2/h8-10,15,17H,4-7H2,1-3H3. The lowest BCUT2D eigenvalue weighted by Gasteiger charge is -2.20. The van der Waals surface area contributed by atoms with Crippen molar-refractivity contribution >= 4 is 11.6 Å². The van der Waals surface area contributed by atoms with E-state index in [1.807, 2.05) is 33.0 Å². The summed E-state index contributed by atoms with van der Waals surface area (Å²) in [6.45, 7) is 5.15. The second kappa shape index (κ2) is 6.49. The van der Waals surface area contributed by atoms with Crippen LogP contribution in [-0.2, 0) is 0 Å². The minimum atomic E-state index is 0.308. The van der Waals surface area contributed by atoms with E-state index in [1.54, 1.807) is 0 Å². The fourth-order valence-electron chi connectivity index (χ4n) is 2.40. The second-order valence-corrected chi connectivity index (χ2v) is 5.20. The maximum atomic E-state index is 6.41. The molecule has 0 heterocycles. The molecule has 1 N–H and O–H groups in total. The molecular formula is C15H22ClNO2. The average molecular weight is 284 g/mol. The van der Waals surface area contributed by atoms with Crippen LogP contribution in [0.25, 0.3) is 0 Å². The van der Waals surface area contributed by atoms with Crippen molar-refractivity contribution in [2.75, 3.05) is 20.3 Å². The molecule has 0 aliphatic heterocycles. The molecule has 1 aliphatic carbocycles. The van der Waals surface area contributed by atoms with E-state index in [0.29, 0.717) is 25.2 Å². The summed E-state index contributed by atoms with van der Waals surface area (Å²) in [5.74, 6) is 2.20. The lowest BCUT2D eigenvalue weighted by molar-refractivity contribution is 0.287. The molecule has 1 atom stereocenters. The number of benzene rings is 1. The van der Waals surface area contributed by atoms with E-state index in [9.17, 15) is 0 Å². The van der Waals surface area contributed by atoms with Gasteiger partial charge >= 0.3 is 0 Å². The molecule has 1 unspecified atom stereocenters. The van der Waals surface area contributed by atoms with Gasteiger partial charge in [0.2, 0.25) is 0 Å². The molecule has 1 aliphatic rings. The number of nitrogens with one attached hydrogen (secondary N) is 1. The zero-order valence-corrected chi connectivity index (χ0v) is 12.6. The van der Waals surface area contributed by atoms with Crippen LogP contribution >= 0.6 is 11.6 Å². The van der Waals surface area contributed by atoms with Crippen LogP contribution in [0.3, 0.4) is 0 Å². The highest BCUT2D eigenvalue weighted by molar-refractivity contribution is 6.31. The number of rotatable bonds is 7. The molecule has 0 saturated heterocycles.